The number of nitrogens with two attached hydrogens (primary N) is 1. The highest BCUT2D eigenvalue weighted by Crippen LogP contribution is 2.39. The van der Waals surface area contributed by atoms with Crippen molar-refractivity contribution in [3.8, 4) is 11.3 Å². The van der Waals surface area contributed by atoms with Gasteiger partial charge in [0.25, 0.3) is 0 Å². The summed E-state index contributed by atoms with van der Waals surface area (Å²) in [5.41, 5.74) is 9.34. The van der Waals surface area contributed by atoms with Crippen LogP contribution >= 0.6 is 11.6 Å². The molecule has 0 spiro atoms. The summed E-state index contributed by atoms with van der Waals surface area (Å²) in [6, 6.07) is 9.56. The van der Waals surface area contributed by atoms with Crippen molar-refractivity contribution in [1.29, 1.82) is 0 Å². The van der Waals surface area contributed by atoms with Gasteiger partial charge in [0.2, 0.25) is 5.88 Å². The maximum absolute atomic E-state index is 13.5. The Hall–Kier alpha value is -3.45. The fourth-order valence-corrected chi connectivity index (χ4v) is 3.67. The zero-order valence-corrected chi connectivity index (χ0v) is 18.2. The second-order valence-corrected chi connectivity index (χ2v) is 7.85. The Morgan fingerprint density at radius 2 is 1.97 bits per heavy atom. The molecule has 0 amide bonds. The highest BCUT2D eigenvalue weighted by Gasteiger charge is 2.18. The fraction of sp³-hybridized carbons (Fsp3) is 0.208. The zero-order chi connectivity index (χ0) is 22.7. The van der Waals surface area contributed by atoms with Gasteiger partial charge in [-0.15, -0.1) is 0 Å². The van der Waals surface area contributed by atoms with Crippen molar-refractivity contribution >= 4 is 45.6 Å². The molecule has 8 heteroatoms. The second-order valence-electron chi connectivity index (χ2n) is 7.44. The first-order chi connectivity index (χ1) is 15.5. The molecule has 32 heavy (non-hydrogen) atoms. The summed E-state index contributed by atoms with van der Waals surface area (Å²) in [5.74, 6) is -0.354. The molecule has 0 aliphatic heterocycles. The lowest BCUT2D eigenvalue weighted by atomic mass is 10.1. The Morgan fingerprint density at radius 1 is 1.16 bits per heavy atom. The number of anilines is 3. The van der Waals surface area contributed by atoms with Crippen LogP contribution in [0.5, 0.6) is 0 Å². The first-order valence-electron chi connectivity index (χ1n) is 10.4. The Labute approximate surface area is 189 Å². The van der Waals surface area contributed by atoms with Crippen LogP contribution < -0.4 is 11.1 Å². The van der Waals surface area contributed by atoms with E-state index < -0.39 is 5.82 Å². The van der Waals surface area contributed by atoms with Gasteiger partial charge in [0.15, 0.2) is 11.4 Å². The van der Waals surface area contributed by atoms with Gasteiger partial charge >= 0.3 is 0 Å². The van der Waals surface area contributed by atoms with Crippen LogP contribution in [0.25, 0.3) is 22.2 Å². The standard InChI is InChI=1S/C24H22ClFN4O2/c1-2-3-4-5-20(31)19-12-14(8-10-28-19)21-23-16(9-11-29-21)22(24(27)32-23)30-15-6-7-18(26)17(25)13-15/h6-13,30H,2-5,27H2,1H3. The molecule has 0 unspecified atom stereocenters. The largest absolute Gasteiger partial charge is 0.436 e. The normalized spacial score (nSPS) is 11.1. The monoisotopic (exact) mass is 452 g/mol. The summed E-state index contributed by atoms with van der Waals surface area (Å²) in [5, 5.41) is 3.83. The summed E-state index contributed by atoms with van der Waals surface area (Å²) >= 11 is 5.88. The van der Waals surface area contributed by atoms with Gasteiger partial charge in [-0.1, -0.05) is 31.4 Å². The minimum atomic E-state index is -0.508. The third kappa shape index (κ3) is 4.43. The summed E-state index contributed by atoms with van der Waals surface area (Å²) in [6.45, 7) is 2.10. The molecule has 6 nitrogen and oxygen atoms in total. The zero-order valence-electron chi connectivity index (χ0n) is 17.5. The van der Waals surface area contributed by atoms with Crippen molar-refractivity contribution in [2.75, 3.05) is 11.1 Å². The Bertz CT molecular complexity index is 1290. The second kappa shape index (κ2) is 9.36. The van der Waals surface area contributed by atoms with Crippen molar-refractivity contribution < 1.29 is 13.6 Å². The number of ketones is 1. The molecular formula is C24H22ClFN4O2. The number of nitrogen functional groups attached to an aromatic ring is 1. The van der Waals surface area contributed by atoms with E-state index in [1.807, 2.05) is 0 Å². The number of fused-ring (bicyclic) bond motifs is 1. The van der Waals surface area contributed by atoms with E-state index in [4.69, 9.17) is 21.8 Å². The number of furan rings is 1. The van der Waals surface area contributed by atoms with Gasteiger partial charge in [-0.3, -0.25) is 14.8 Å². The SMILES string of the molecule is CCCCCC(=O)c1cc(-c2nccc3c(Nc4ccc(F)c(Cl)c4)c(N)oc23)ccn1. The van der Waals surface area contributed by atoms with Crippen molar-refractivity contribution in [2.24, 2.45) is 0 Å². The van der Waals surface area contributed by atoms with Gasteiger partial charge < -0.3 is 15.5 Å². The van der Waals surface area contributed by atoms with E-state index >= 15 is 0 Å². The minimum Gasteiger partial charge on any atom is -0.436 e. The van der Waals surface area contributed by atoms with Gasteiger partial charge in [-0.05, 0) is 42.8 Å². The van der Waals surface area contributed by atoms with Crippen LogP contribution in [0.2, 0.25) is 5.02 Å². The van der Waals surface area contributed by atoms with E-state index in [0.717, 1.165) is 19.3 Å². The number of unbranched alkanes of at least 4 members (excludes halogenated alkanes) is 2. The Balaban J connectivity index is 1.69. The molecule has 4 rings (SSSR count). The lowest BCUT2D eigenvalue weighted by Gasteiger charge is -2.07. The van der Waals surface area contributed by atoms with Crippen molar-refractivity contribution in [1.82, 2.24) is 9.97 Å². The number of Topliss-reactive ketones (excluding diaryl/α,β-unsaturated/α-hetero) is 1. The number of nitrogens with zero attached hydrogens (tertiary/aromatic N) is 2. The van der Waals surface area contributed by atoms with E-state index in [9.17, 15) is 9.18 Å². The third-order valence-electron chi connectivity index (χ3n) is 5.15. The number of benzene rings is 1. The molecule has 0 atom stereocenters. The molecule has 4 aromatic rings. The van der Waals surface area contributed by atoms with E-state index in [0.29, 0.717) is 45.7 Å². The maximum atomic E-state index is 13.5. The lowest BCUT2D eigenvalue weighted by molar-refractivity contribution is 0.0974. The van der Waals surface area contributed by atoms with Crippen LogP contribution in [0.15, 0.2) is 53.2 Å². The van der Waals surface area contributed by atoms with Crippen LogP contribution in [-0.4, -0.2) is 15.8 Å². The molecule has 1 aromatic carbocycles. The van der Waals surface area contributed by atoms with E-state index in [-0.39, 0.29) is 16.7 Å². The molecule has 0 saturated heterocycles. The Kier molecular flexibility index (Phi) is 6.37. The van der Waals surface area contributed by atoms with E-state index in [1.54, 1.807) is 36.7 Å². The summed E-state index contributed by atoms with van der Waals surface area (Å²) < 4.78 is 19.3. The topological polar surface area (TPSA) is 94.0 Å². The van der Waals surface area contributed by atoms with Gasteiger partial charge in [0.1, 0.15) is 22.9 Å². The summed E-state index contributed by atoms with van der Waals surface area (Å²) in [7, 11) is 0. The van der Waals surface area contributed by atoms with E-state index in [2.05, 4.69) is 22.2 Å². The molecule has 3 N–H and O–H groups in total. The van der Waals surface area contributed by atoms with Crippen LogP contribution in [0.3, 0.4) is 0 Å². The molecule has 0 aliphatic carbocycles. The highest BCUT2D eigenvalue weighted by atomic mass is 35.5. The van der Waals surface area contributed by atoms with Gasteiger partial charge in [0, 0.05) is 30.1 Å². The quantitative estimate of drug-likeness (QED) is 0.226. The van der Waals surface area contributed by atoms with Crippen molar-refractivity contribution in [3.63, 3.8) is 0 Å². The van der Waals surface area contributed by atoms with Gasteiger partial charge in [0.05, 0.1) is 10.4 Å². The summed E-state index contributed by atoms with van der Waals surface area (Å²) in [4.78, 5) is 21.2. The third-order valence-corrected chi connectivity index (χ3v) is 5.44. The van der Waals surface area contributed by atoms with Crippen LogP contribution in [0.1, 0.15) is 43.1 Å². The molecule has 3 aromatic heterocycles. The molecule has 0 radical (unpaired) electrons. The van der Waals surface area contributed by atoms with E-state index in [1.165, 1.54) is 12.1 Å². The van der Waals surface area contributed by atoms with Crippen LogP contribution in [0.4, 0.5) is 21.6 Å². The average molecular weight is 453 g/mol. The van der Waals surface area contributed by atoms with Gasteiger partial charge in [-0.2, -0.15) is 0 Å². The Morgan fingerprint density at radius 3 is 2.75 bits per heavy atom. The number of pyridine rings is 2. The smallest absolute Gasteiger partial charge is 0.215 e. The number of nitrogens with one attached hydrogen (secondary N) is 1. The predicted octanol–water partition coefficient (Wildman–Crippen LogP) is 6.77. The fourth-order valence-electron chi connectivity index (χ4n) is 3.49. The number of hydrogen-bond donors (Lipinski definition) is 2. The number of halogens is 2. The number of hydrogen-bond acceptors (Lipinski definition) is 6. The molecule has 164 valence electrons. The highest BCUT2D eigenvalue weighted by molar-refractivity contribution is 6.31. The van der Waals surface area contributed by atoms with Crippen LogP contribution in [0, 0.1) is 5.82 Å². The average Bonchev–Trinajstić information content (AvgIpc) is 3.11. The summed E-state index contributed by atoms with van der Waals surface area (Å²) in [6.07, 6.45) is 6.59. The molecule has 0 fully saturated rings. The molecule has 3 heterocycles. The predicted molar refractivity (Wildman–Crippen MR) is 125 cm³/mol. The van der Waals surface area contributed by atoms with Crippen molar-refractivity contribution in [2.45, 2.75) is 32.6 Å². The number of carbonyl (C=O) groups is 1. The number of carbonyl (C=O) groups excluding carboxylic acids is 1. The van der Waals surface area contributed by atoms with Gasteiger partial charge in [-0.25, -0.2) is 4.39 Å². The first kappa shape index (κ1) is 21.8. The maximum Gasteiger partial charge on any atom is 0.215 e. The molecule has 0 aliphatic rings. The first-order valence-corrected chi connectivity index (χ1v) is 10.7. The number of aromatic nitrogens is 2. The number of rotatable bonds is 8. The van der Waals surface area contributed by atoms with Crippen molar-refractivity contribution in [3.05, 3.63) is 65.3 Å². The molecule has 0 saturated carbocycles. The molecule has 0 bridgehead atoms. The lowest BCUT2D eigenvalue weighted by Crippen LogP contribution is -2.02. The van der Waals surface area contributed by atoms with Crippen LogP contribution in [-0.2, 0) is 0 Å². The minimum absolute atomic E-state index is 0.00183. The molecular weight excluding hydrogens is 431 g/mol.